The second-order valence-corrected chi connectivity index (χ2v) is 3.85. The quantitative estimate of drug-likeness (QED) is 0.602. The Balaban J connectivity index is 3.17. The zero-order chi connectivity index (χ0) is 6.85. The number of benzene rings is 1. The molecule has 0 aliphatic carbocycles. The molecule has 0 saturated carbocycles. The summed E-state index contributed by atoms with van der Waals surface area (Å²) < 4.78 is 13.3. The van der Waals surface area contributed by atoms with E-state index in [1.165, 1.54) is 12.1 Å². The molecule has 0 aliphatic heterocycles. The van der Waals surface area contributed by atoms with Crippen LogP contribution >= 0.6 is 11.6 Å². The van der Waals surface area contributed by atoms with Gasteiger partial charge in [-0.05, 0) is 0 Å². The Morgan fingerprint density at radius 1 is 1.44 bits per heavy atom. The van der Waals surface area contributed by atoms with Gasteiger partial charge in [0.05, 0.1) is 0 Å². The first-order chi connectivity index (χ1) is 4.20. The van der Waals surface area contributed by atoms with Crippen LogP contribution in [-0.4, -0.2) is 22.5 Å². The van der Waals surface area contributed by atoms with Crippen molar-refractivity contribution < 1.29 is 4.39 Å². The topological polar surface area (TPSA) is 0 Å². The summed E-state index contributed by atoms with van der Waals surface area (Å²) in [5, 5.41) is 0.539. The first kappa shape index (κ1) is 7.35. The van der Waals surface area contributed by atoms with Crippen LogP contribution in [0.3, 0.4) is 0 Å². The standard InChI is InChI=1S/C6H3ClF.Sn.H/c7-5-2-1-3-6(8)4-5;;/h1,3-4H;;. The molecule has 0 spiro atoms. The number of rotatable bonds is 0. The van der Waals surface area contributed by atoms with Gasteiger partial charge < -0.3 is 0 Å². The monoisotopic (exact) mass is 250 g/mol. The maximum absolute atomic E-state index is 12.3. The molecule has 0 atom stereocenters. The van der Waals surface area contributed by atoms with Crippen molar-refractivity contribution in [3.63, 3.8) is 0 Å². The van der Waals surface area contributed by atoms with Crippen molar-refractivity contribution in [3.8, 4) is 0 Å². The Labute approximate surface area is 71.1 Å². The number of halogens is 2. The molecule has 9 heavy (non-hydrogen) atoms. The molecule has 1 rings (SSSR count). The van der Waals surface area contributed by atoms with Gasteiger partial charge in [-0.25, -0.2) is 0 Å². The van der Waals surface area contributed by atoms with Crippen LogP contribution in [0.1, 0.15) is 0 Å². The van der Waals surface area contributed by atoms with Crippen molar-refractivity contribution in [1.82, 2.24) is 0 Å². The van der Waals surface area contributed by atoms with Crippen LogP contribution in [0.25, 0.3) is 0 Å². The van der Waals surface area contributed by atoms with Crippen LogP contribution in [-0.2, 0) is 0 Å². The number of hydrogen-bond donors (Lipinski definition) is 0. The van der Waals surface area contributed by atoms with E-state index in [1.807, 2.05) is 0 Å². The van der Waals surface area contributed by atoms with Crippen LogP contribution in [0.5, 0.6) is 0 Å². The molecular formula is C6H4ClFSn. The summed E-state index contributed by atoms with van der Waals surface area (Å²) in [4.78, 5) is 0. The fourth-order valence-corrected chi connectivity index (χ4v) is 1.18. The zero-order valence-corrected chi connectivity index (χ0v) is 8.62. The molecule has 1 aromatic rings. The summed E-state index contributed by atoms with van der Waals surface area (Å²) in [7, 11) is 0. The predicted octanol–water partition coefficient (Wildman–Crippen LogP) is 1.01. The Morgan fingerprint density at radius 2 is 2.11 bits per heavy atom. The van der Waals surface area contributed by atoms with E-state index in [9.17, 15) is 4.39 Å². The van der Waals surface area contributed by atoms with E-state index in [2.05, 4.69) is 0 Å². The molecule has 0 heterocycles. The van der Waals surface area contributed by atoms with E-state index in [0.29, 0.717) is 5.02 Å². The van der Waals surface area contributed by atoms with Crippen LogP contribution in [0.4, 0.5) is 4.39 Å². The van der Waals surface area contributed by atoms with E-state index in [0.717, 1.165) is 26.1 Å². The molecule has 0 aliphatic rings. The second kappa shape index (κ2) is 2.88. The molecule has 1 aromatic carbocycles. The molecule has 0 saturated heterocycles. The van der Waals surface area contributed by atoms with Crippen molar-refractivity contribution in [2.75, 3.05) is 0 Å². The fourth-order valence-electron chi connectivity index (χ4n) is 0.502. The third kappa shape index (κ3) is 1.83. The second-order valence-electron chi connectivity index (χ2n) is 1.67. The van der Waals surface area contributed by atoms with Gasteiger partial charge >= 0.3 is 71.1 Å². The molecule has 3 heteroatoms. The molecule has 0 unspecified atom stereocenters. The van der Waals surface area contributed by atoms with Crippen molar-refractivity contribution in [2.45, 2.75) is 0 Å². The predicted molar refractivity (Wildman–Crippen MR) is 38.2 cm³/mol. The van der Waals surface area contributed by atoms with Gasteiger partial charge in [-0.3, -0.25) is 0 Å². The van der Waals surface area contributed by atoms with E-state index < -0.39 is 0 Å². The first-order valence-electron chi connectivity index (χ1n) is 2.40. The van der Waals surface area contributed by atoms with Gasteiger partial charge in [0.2, 0.25) is 0 Å². The molecule has 0 aromatic heterocycles. The molecule has 46 valence electrons. The Morgan fingerprint density at radius 3 is 2.56 bits per heavy atom. The molecule has 0 bridgehead atoms. The average molecular weight is 249 g/mol. The molecule has 2 radical (unpaired) electrons. The van der Waals surface area contributed by atoms with Crippen molar-refractivity contribution in [1.29, 1.82) is 0 Å². The van der Waals surface area contributed by atoms with Crippen LogP contribution in [0.15, 0.2) is 18.2 Å². The van der Waals surface area contributed by atoms with Crippen molar-refractivity contribution >= 4 is 37.7 Å². The van der Waals surface area contributed by atoms with Gasteiger partial charge in [0.25, 0.3) is 0 Å². The zero-order valence-electron chi connectivity index (χ0n) is 4.57. The molecule has 0 amide bonds. The first-order valence-corrected chi connectivity index (χ1v) is 4.43. The van der Waals surface area contributed by atoms with Crippen molar-refractivity contribution in [2.24, 2.45) is 0 Å². The van der Waals surface area contributed by atoms with E-state index in [1.54, 1.807) is 6.07 Å². The van der Waals surface area contributed by atoms with Gasteiger partial charge in [0.15, 0.2) is 0 Å². The summed E-state index contributed by atoms with van der Waals surface area (Å²) in [5.41, 5.74) is 0. The van der Waals surface area contributed by atoms with Gasteiger partial charge in [0, 0.05) is 0 Å². The third-order valence-electron chi connectivity index (χ3n) is 0.962. The number of hydrogen-bond acceptors (Lipinski definition) is 0. The Bertz CT molecular complexity index is 224. The van der Waals surface area contributed by atoms with Gasteiger partial charge in [-0.2, -0.15) is 0 Å². The summed E-state index contributed by atoms with van der Waals surface area (Å²) in [6.07, 6.45) is 0. The molecular weight excluding hydrogens is 245 g/mol. The van der Waals surface area contributed by atoms with Crippen LogP contribution in [0.2, 0.25) is 5.02 Å². The molecule has 0 N–H and O–H groups in total. The minimum atomic E-state index is -0.266. The van der Waals surface area contributed by atoms with E-state index in [4.69, 9.17) is 11.6 Å². The van der Waals surface area contributed by atoms with Gasteiger partial charge in [0.1, 0.15) is 0 Å². The summed E-state index contributed by atoms with van der Waals surface area (Å²) >= 11 is 6.54. The van der Waals surface area contributed by atoms with Crippen molar-refractivity contribution in [3.05, 3.63) is 29.0 Å². The fraction of sp³-hybridized carbons (Fsp3) is 0. The molecule has 0 nitrogen and oxygen atoms in total. The summed E-state index contributed by atoms with van der Waals surface area (Å²) in [5.74, 6) is -0.266. The SMILES string of the molecule is Fc1cc[c]([SnH])c(Cl)c1. The normalized spacial score (nSPS) is 9.67. The van der Waals surface area contributed by atoms with Crippen LogP contribution < -0.4 is 3.58 Å². The van der Waals surface area contributed by atoms with Gasteiger partial charge in [-0.15, -0.1) is 0 Å². The van der Waals surface area contributed by atoms with Gasteiger partial charge in [-0.1, -0.05) is 0 Å². The summed E-state index contributed by atoms with van der Waals surface area (Å²) in [6.45, 7) is 0. The van der Waals surface area contributed by atoms with E-state index >= 15 is 0 Å². The van der Waals surface area contributed by atoms with E-state index in [-0.39, 0.29) is 5.82 Å². The average Bonchev–Trinajstić information content (AvgIpc) is 1.80. The Hall–Kier alpha value is 0.239. The maximum atomic E-state index is 12.3. The molecule has 0 fully saturated rings. The Kier molecular flexibility index (Phi) is 2.35. The summed E-state index contributed by atoms with van der Waals surface area (Å²) in [6, 6.07) is 4.47. The minimum absolute atomic E-state index is 0.266. The van der Waals surface area contributed by atoms with Crippen LogP contribution in [0, 0.1) is 5.82 Å². The third-order valence-corrected chi connectivity index (χ3v) is 3.25.